The largest absolute Gasteiger partial charge is 0.453 e. The first-order valence-electron chi connectivity index (χ1n) is 12.0. The van der Waals surface area contributed by atoms with Crippen LogP contribution >= 0.6 is 0 Å². The molecule has 0 bridgehead atoms. The van der Waals surface area contributed by atoms with Crippen molar-refractivity contribution in [2.45, 2.75) is 90.6 Å². The summed E-state index contributed by atoms with van der Waals surface area (Å²) in [5.74, 6) is 2.73. The van der Waals surface area contributed by atoms with Crippen molar-refractivity contribution < 1.29 is 4.12 Å². The Balaban J connectivity index is 2.57. The molecular formula is C26H46OSi2. The maximum atomic E-state index is 7.91. The maximum Gasteiger partial charge on any atom is 0.190 e. The highest BCUT2D eigenvalue weighted by atomic mass is 28.4. The molecule has 1 nitrogen and oxygen atoms in total. The van der Waals surface area contributed by atoms with E-state index in [9.17, 15) is 0 Å². The van der Waals surface area contributed by atoms with Gasteiger partial charge in [0.15, 0.2) is 16.6 Å². The summed E-state index contributed by atoms with van der Waals surface area (Å²) in [7, 11) is -4.01. The normalized spacial score (nSPS) is 18.1. The van der Waals surface area contributed by atoms with Crippen LogP contribution in [0.5, 0.6) is 0 Å². The molecule has 0 N–H and O–H groups in total. The number of allylic oxidation sites excluding steroid dienone is 8. The lowest BCUT2D eigenvalue weighted by molar-refractivity contribution is 0.443. The smallest absolute Gasteiger partial charge is 0.190 e. The topological polar surface area (TPSA) is 9.23 Å². The van der Waals surface area contributed by atoms with Gasteiger partial charge in [0.1, 0.15) is 0 Å². The van der Waals surface area contributed by atoms with Crippen LogP contribution < -0.4 is 0 Å². The van der Waals surface area contributed by atoms with Gasteiger partial charge in [-0.2, -0.15) is 0 Å². The van der Waals surface area contributed by atoms with Gasteiger partial charge >= 0.3 is 0 Å². The fourth-order valence-electron chi connectivity index (χ4n) is 5.75. The van der Waals surface area contributed by atoms with Crippen molar-refractivity contribution in [3.8, 4) is 0 Å². The molecule has 0 aromatic heterocycles. The molecule has 0 aromatic rings. The molecule has 0 saturated heterocycles. The molecule has 0 saturated carbocycles. The third kappa shape index (κ3) is 6.67. The van der Waals surface area contributed by atoms with Gasteiger partial charge < -0.3 is 4.12 Å². The van der Waals surface area contributed by atoms with Gasteiger partial charge in [-0.15, -0.1) is 0 Å². The molecule has 3 heteroatoms. The van der Waals surface area contributed by atoms with Gasteiger partial charge in [0.05, 0.1) is 0 Å². The van der Waals surface area contributed by atoms with E-state index < -0.39 is 16.6 Å². The van der Waals surface area contributed by atoms with Crippen molar-refractivity contribution in [1.29, 1.82) is 0 Å². The summed E-state index contributed by atoms with van der Waals surface area (Å²) in [6.45, 7) is 19.2. The van der Waals surface area contributed by atoms with Crippen molar-refractivity contribution in [1.82, 2.24) is 0 Å². The molecule has 2 rings (SSSR count). The minimum absolute atomic E-state index is 0.535. The number of rotatable bonds is 12. The molecule has 29 heavy (non-hydrogen) atoms. The van der Waals surface area contributed by atoms with E-state index in [2.05, 4.69) is 104 Å². The van der Waals surface area contributed by atoms with E-state index >= 15 is 0 Å². The van der Waals surface area contributed by atoms with Gasteiger partial charge in [0.2, 0.25) is 0 Å². The zero-order valence-electron chi connectivity index (χ0n) is 20.3. The van der Waals surface area contributed by atoms with Crippen LogP contribution in [0, 0.1) is 23.7 Å². The third-order valence-corrected chi connectivity index (χ3v) is 18.6. The Bertz CT molecular complexity index is 527. The Hall–Kier alpha value is -0.646. The molecule has 0 aliphatic heterocycles. The summed E-state index contributed by atoms with van der Waals surface area (Å²) in [6.07, 6.45) is 18.9. The van der Waals surface area contributed by atoms with Crippen molar-refractivity contribution in [2.24, 2.45) is 23.7 Å². The second-order valence-electron chi connectivity index (χ2n) is 11.2. The Morgan fingerprint density at radius 2 is 0.759 bits per heavy atom. The molecule has 0 heterocycles. The van der Waals surface area contributed by atoms with Crippen molar-refractivity contribution >= 4 is 16.6 Å². The molecular weight excluding hydrogens is 384 g/mol. The van der Waals surface area contributed by atoms with Crippen molar-refractivity contribution in [2.75, 3.05) is 0 Å². The predicted octanol–water partition coefficient (Wildman–Crippen LogP) is 8.51. The first-order valence-corrected chi connectivity index (χ1v) is 16.8. The minimum Gasteiger partial charge on any atom is -0.453 e. The fourth-order valence-corrected chi connectivity index (χ4v) is 20.2. The quantitative estimate of drug-likeness (QED) is 0.282. The van der Waals surface area contributed by atoms with E-state index in [0.29, 0.717) is 34.8 Å². The van der Waals surface area contributed by atoms with Gasteiger partial charge in [-0.3, -0.25) is 0 Å². The molecule has 0 aromatic carbocycles. The number of hydrogen-bond acceptors (Lipinski definition) is 1. The van der Waals surface area contributed by atoms with Gasteiger partial charge in [0.25, 0.3) is 0 Å². The Labute approximate surface area is 183 Å². The Morgan fingerprint density at radius 3 is 0.966 bits per heavy atom. The molecule has 0 atom stereocenters. The standard InChI is InChI=1S/C26H46OSi2/c1-21(2)17-28(18-22(3)4,25-13-9-10-14-25)27-29(19-23(5)6,20-24(7)8)26-15-11-12-16-26/h9-16,21-26H,17-20H2,1-8H3. The summed E-state index contributed by atoms with van der Waals surface area (Å²) < 4.78 is 7.91. The average molecular weight is 431 g/mol. The summed E-state index contributed by atoms with van der Waals surface area (Å²) in [6, 6.07) is 5.09. The SMILES string of the molecule is CC(C)C[Si](CC(C)C)(O[Si](CC(C)C)(CC(C)C)C1C=CC=C1)C1C=CC=C1. The minimum atomic E-state index is -2.00. The number of hydrogen-bond donors (Lipinski definition) is 0. The molecule has 2 aliphatic carbocycles. The predicted molar refractivity (Wildman–Crippen MR) is 135 cm³/mol. The lowest BCUT2D eigenvalue weighted by Gasteiger charge is -2.49. The van der Waals surface area contributed by atoms with Gasteiger partial charge in [-0.05, 0) is 47.8 Å². The second-order valence-corrected chi connectivity index (χ2v) is 19.3. The zero-order valence-corrected chi connectivity index (χ0v) is 22.3. The highest BCUT2D eigenvalue weighted by molar-refractivity contribution is 6.89. The first-order chi connectivity index (χ1) is 13.6. The molecule has 164 valence electrons. The average Bonchev–Trinajstić information content (AvgIpc) is 3.26. The van der Waals surface area contributed by atoms with Gasteiger partial charge in [0, 0.05) is 11.1 Å². The van der Waals surface area contributed by atoms with Gasteiger partial charge in [-0.1, -0.05) is 104 Å². The van der Waals surface area contributed by atoms with Crippen LogP contribution in [-0.4, -0.2) is 16.6 Å². The Morgan fingerprint density at radius 1 is 0.517 bits per heavy atom. The summed E-state index contributed by atoms with van der Waals surface area (Å²) >= 11 is 0. The van der Waals surface area contributed by atoms with Crippen LogP contribution in [0.1, 0.15) is 55.4 Å². The van der Waals surface area contributed by atoms with E-state index in [1.165, 1.54) is 24.2 Å². The molecule has 0 unspecified atom stereocenters. The van der Waals surface area contributed by atoms with Crippen LogP contribution in [0.25, 0.3) is 0 Å². The van der Waals surface area contributed by atoms with Gasteiger partial charge in [-0.25, -0.2) is 0 Å². The summed E-state index contributed by atoms with van der Waals surface area (Å²) in [5.41, 5.74) is 1.07. The molecule has 0 spiro atoms. The fraction of sp³-hybridized carbons (Fsp3) is 0.692. The van der Waals surface area contributed by atoms with Crippen LogP contribution in [0.15, 0.2) is 48.6 Å². The molecule has 0 radical (unpaired) electrons. The van der Waals surface area contributed by atoms with Crippen LogP contribution in [0.2, 0.25) is 35.3 Å². The van der Waals surface area contributed by atoms with Crippen LogP contribution in [0.3, 0.4) is 0 Å². The van der Waals surface area contributed by atoms with E-state index in [4.69, 9.17) is 4.12 Å². The summed E-state index contributed by atoms with van der Waals surface area (Å²) in [5, 5.41) is 0. The molecule has 0 fully saturated rings. The van der Waals surface area contributed by atoms with Crippen molar-refractivity contribution in [3.63, 3.8) is 0 Å². The first kappa shape index (κ1) is 24.6. The third-order valence-electron chi connectivity index (χ3n) is 6.13. The Kier molecular flexibility index (Phi) is 8.99. The lowest BCUT2D eigenvalue weighted by Crippen LogP contribution is -2.57. The van der Waals surface area contributed by atoms with Crippen LogP contribution in [-0.2, 0) is 4.12 Å². The van der Waals surface area contributed by atoms with E-state index in [1.807, 2.05) is 0 Å². The van der Waals surface area contributed by atoms with E-state index in [-0.39, 0.29) is 0 Å². The van der Waals surface area contributed by atoms with E-state index in [1.54, 1.807) is 0 Å². The summed E-state index contributed by atoms with van der Waals surface area (Å²) in [4.78, 5) is 0. The molecule has 0 amide bonds. The van der Waals surface area contributed by atoms with Crippen molar-refractivity contribution in [3.05, 3.63) is 48.6 Å². The molecule has 2 aliphatic rings. The van der Waals surface area contributed by atoms with E-state index in [0.717, 1.165) is 0 Å². The highest BCUT2D eigenvalue weighted by Gasteiger charge is 2.52. The highest BCUT2D eigenvalue weighted by Crippen LogP contribution is 2.48. The second kappa shape index (κ2) is 10.6. The zero-order chi connectivity index (χ0) is 21.7. The lowest BCUT2D eigenvalue weighted by atomic mass is 10.3. The maximum absolute atomic E-state index is 7.91. The van der Waals surface area contributed by atoms with Crippen LogP contribution in [0.4, 0.5) is 0 Å². The monoisotopic (exact) mass is 430 g/mol.